The number of rotatable bonds is 6. The third kappa shape index (κ3) is 7.42. The van der Waals surface area contributed by atoms with Crippen molar-refractivity contribution in [3.05, 3.63) is 71.0 Å². The first kappa shape index (κ1) is 24.4. The summed E-state index contributed by atoms with van der Waals surface area (Å²) < 4.78 is 46.7. The van der Waals surface area contributed by atoms with E-state index in [9.17, 15) is 17.3 Å². The minimum atomic E-state index is -6.00. The Hall–Kier alpha value is -2.83. The molecule has 0 amide bonds. The molecule has 0 aromatic heterocycles. The number of aromatic nitrogens is 1. The van der Waals surface area contributed by atoms with Gasteiger partial charge in [-0.3, -0.25) is 0 Å². The summed E-state index contributed by atoms with van der Waals surface area (Å²) in [4.78, 5) is 0. The highest BCUT2D eigenvalue weighted by molar-refractivity contribution is 6.50. The van der Waals surface area contributed by atoms with Gasteiger partial charge in [0.2, 0.25) is 0 Å². The third-order valence-electron chi connectivity index (χ3n) is 5.08. The zero-order chi connectivity index (χ0) is 23.0. The molecule has 2 aliphatic rings. The number of hydrogen-bond acceptors (Lipinski definition) is 1. The summed E-state index contributed by atoms with van der Waals surface area (Å²) in [5, 5.41) is 0. The van der Waals surface area contributed by atoms with Crippen LogP contribution in [0.25, 0.3) is 23.3 Å². The highest BCUT2D eigenvalue weighted by atomic mass is 19.5. The van der Waals surface area contributed by atoms with E-state index in [0.29, 0.717) is 0 Å². The van der Waals surface area contributed by atoms with E-state index in [-0.39, 0.29) is 0 Å². The summed E-state index contributed by atoms with van der Waals surface area (Å²) >= 11 is 0. The lowest BCUT2D eigenvalue weighted by Gasteiger charge is -1.98. The molecule has 0 saturated carbocycles. The highest BCUT2D eigenvalue weighted by Gasteiger charge is 2.24. The fourth-order valence-electron chi connectivity index (χ4n) is 3.44. The number of benzene rings is 1. The molecule has 166 valence electrons. The summed E-state index contributed by atoms with van der Waals surface area (Å²) in [5.74, 6) is 0.884. The Labute approximate surface area is 181 Å². The van der Waals surface area contributed by atoms with Crippen LogP contribution in [0, 0.1) is 13.8 Å². The van der Waals surface area contributed by atoms with Gasteiger partial charge >= 0.3 is 7.25 Å². The molecule has 31 heavy (non-hydrogen) atoms. The summed E-state index contributed by atoms with van der Waals surface area (Å²) in [7, 11) is -4.31. The van der Waals surface area contributed by atoms with E-state index in [4.69, 9.17) is 4.74 Å². The molecule has 0 fully saturated rings. The number of halogens is 4. The molecular weight excluding hydrogens is 405 g/mol. The normalized spacial score (nSPS) is 11.5. The first-order valence-corrected chi connectivity index (χ1v) is 10.3. The first-order chi connectivity index (χ1) is 14.6. The average molecular weight is 433 g/mol. The Kier molecular flexibility index (Phi) is 8.66. The molecule has 0 radical (unpaired) electrons. The van der Waals surface area contributed by atoms with Gasteiger partial charge in [0, 0.05) is 20.3 Å². The van der Waals surface area contributed by atoms with E-state index in [1.165, 1.54) is 46.5 Å². The molecule has 7 heteroatoms. The number of ether oxygens (including phenoxy) is 1. The van der Waals surface area contributed by atoms with Gasteiger partial charge in [0.15, 0.2) is 11.4 Å². The zero-order valence-corrected chi connectivity index (χ0v) is 18.3. The Morgan fingerprint density at radius 1 is 0.806 bits per heavy atom. The fraction of sp³-hybridized carbons (Fsp3) is 0.292. The topological polar surface area (TPSA) is 13.1 Å². The van der Waals surface area contributed by atoms with Crippen LogP contribution >= 0.6 is 0 Å². The SMILES string of the molecule is CCCC[n+]1c(C)c2ccc(/C=C/c3ccc(OC)cc3)ccc-2c1C.F[B-](F)(F)F. The maximum Gasteiger partial charge on any atom is 0.673 e. The molecule has 0 unspecified atom stereocenters. The van der Waals surface area contributed by atoms with Crippen molar-refractivity contribution in [2.75, 3.05) is 7.11 Å². The largest absolute Gasteiger partial charge is 0.673 e. The second-order valence-electron chi connectivity index (χ2n) is 7.27. The molecule has 0 atom stereocenters. The van der Waals surface area contributed by atoms with Crippen LogP contribution in [-0.4, -0.2) is 14.4 Å². The van der Waals surface area contributed by atoms with Crippen molar-refractivity contribution in [3.63, 3.8) is 0 Å². The van der Waals surface area contributed by atoms with Crippen LogP contribution in [0.3, 0.4) is 0 Å². The molecular formula is C24H28BF4NO. The number of fused-ring (bicyclic) bond motifs is 1. The molecule has 2 nitrogen and oxygen atoms in total. The molecule has 0 bridgehead atoms. The van der Waals surface area contributed by atoms with Crippen LogP contribution in [0.1, 0.15) is 42.3 Å². The Bertz CT molecular complexity index is 938. The maximum atomic E-state index is 9.75. The maximum absolute atomic E-state index is 9.75. The Morgan fingerprint density at radius 3 is 1.61 bits per heavy atom. The van der Waals surface area contributed by atoms with Crippen molar-refractivity contribution in [1.82, 2.24) is 0 Å². The molecule has 1 heterocycles. The molecule has 0 spiro atoms. The van der Waals surface area contributed by atoms with Crippen LogP contribution in [0.15, 0.2) is 48.5 Å². The van der Waals surface area contributed by atoms with Crippen LogP contribution < -0.4 is 9.30 Å². The lowest BCUT2D eigenvalue weighted by Crippen LogP contribution is -2.37. The van der Waals surface area contributed by atoms with Gasteiger partial charge in [-0.05, 0) is 35.4 Å². The van der Waals surface area contributed by atoms with Crippen molar-refractivity contribution < 1.29 is 26.6 Å². The fourth-order valence-corrected chi connectivity index (χ4v) is 3.44. The third-order valence-corrected chi connectivity index (χ3v) is 5.08. The quantitative estimate of drug-likeness (QED) is 0.232. The van der Waals surface area contributed by atoms with Gasteiger partial charge in [-0.2, -0.15) is 4.57 Å². The number of hydrogen-bond donors (Lipinski definition) is 0. The molecule has 0 saturated heterocycles. The lowest BCUT2D eigenvalue weighted by molar-refractivity contribution is -0.704. The van der Waals surface area contributed by atoms with Gasteiger partial charge in [-0.1, -0.05) is 49.8 Å². The van der Waals surface area contributed by atoms with Gasteiger partial charge in [-0.15, -0.1) is 0 Å². The van der Waals surface area contributed by atoms with Crippen LogP contribution in [0.4, 0.5) is 17.3 Å². The Morgan fingerprint density at radius 2 is 1.23 bits per heavy atom. The van der Waals surface area contributed by atoms with E-state index in [2.05, 4.69) is 73.9 Å². The molecule has 0 N–H and O–H groups in total. The number of unbranched alkanes of at least 4 members (excludes halogenated alkanes) is 1. The van der Waals surface area contributed by atoms with Gasteiger partial charge in [0.05, 0.1) is 18.2 Å². The smallest absolute Gasteiger partial charge is 0.497 e. The molecule has 3 rings (SSSR count). The molecule has 1 aromatic carbocycles. The monoisotopic (exact) mass is 433 g/mol. The summed E-state index contributed by atoms with van der Waals surface area (Å²) in [5.41, 5.74) is 7.81. The van der Waals surface area contributed by atoms with Crippen LogP contribution in [-0.2, 0) is 6.54 Å². The molecule has 1 aromatic rings. The zero-order valence-electron chi connectivity index (χ0n) is 18.3. The lowest BCUT2D eigenvalue weighted by atomic mass is 10.1. The highest BCUT2D eigenvalue weighted by Crippen LogP contribution is 2.27. The Balaban J connectivity index is 0.000000614. The average Bonchev–Trinajstić information content (AvgIpc) is 2.86. The van der Waals surface area contributed by atoms with E-state index in [1.807, 2.05) is 12.1 Å². The van der Waals surface area contributed by atoms with Crippen molar-refractivity contribution in [2.45, 2.75) is 40.2 Å². The number of methoxy groups -OCH3 is 1. The van der Waals surface area contributed by atoms with Gasteiger partial charge in [0.25, 0.3) is 0 Å². The van der Waals surface area contributed by atoms with Crippen molar-refractivity contribution >= 4 is 19.4 Å². The predicted octanol–water partition coefficient (Wildman–Crippen LogP) is 6.97. The standard InChI is InChI=1S/C24H28NO.BF4/c1-5-6-17-25-18(2)23-15-11-21(12-16-24(23)19(25)3)8-7-20-9-13-22(26-4)14-10-20;2-1(3,4)5/h7-16H,5-6,17H2,1-4H3;/q+1;-1/b8-7+;. The second-order valence-corrected chi connectivity index (χ2v) is 7.27. The van der Waals surface area contributed by atoms with Crippen molar-refractivity contribution in [3.8, 4) is 16.9 Å². The van der Waals surface area contributed by atoms with Crippen molar-refractivity contribution in [2.24, 2.45) is 0 Å². The predicted molar refractivity (Wildman–Crippen MR) is 120 cm³/mol. The first-order valence-electron chi connectivity index (χ1n) is 10.3. The van der Waals surface area contributed by atoms with E-state index in [0.717, 1.165) is 12.3 Å². The van der Waals surface area contributed by atoms with E-state index in [1.54, 1.807) is 7.11 Å². The van der Waals surface area contributed by atoms with Gasteiger partial charge in [-0.25, -0.2) is 0 Å². The van der Waals surface area contributed by atoms with Crippen LogP contribution in [0.2, 0.25) is 0 Å². The number of nitrogens with zero attached hydrogens (tertiary/aromatic N) is 1. The summed E-state index contributed by atoms with van der Waals surface area (Å²) in [6, 6.07) is 17.0. The minimum Gasteiger partial charge on any atom is -0.497 e. The van der Waals surface area contributed by atoms with Crippen LogP contribution in [0.5, 0.6) is 5.75 Å². The molecule has 1 aliphatic heterocycles. The second kappa shape index (κ2) is 11.0. The summed E-state index contributed by atoms with van der Waals surface area (Å²) in [6.45, 7) is 7.82. The minimum absolute atomic E-state index is 0.884. The van der Waals surface area contributed by atoms with E-state index < -0.39 is 7.25 Å². The summed E-state index contributed by atoms with van der Waals surface area (Å²) in [6.07, 6.45) is 6.75. The van der Waals surface area contributed by atoms with Crippen molar-refractivity contribution in [1.29, 1.82) is 0 Å². The molecule has 1 aliphatic carbocycles. The van der Waals surface area contributed by atoms with E-state index >= 15 is 0 Å². The van der Waals surface area contributed by atoms with Gasteiger partial charge < -0.3 is 22.0 Å². The van der Waals surface area contributed by atoms with Gasteiger partial charge in [0.1, 0.15) is 12.3 Å².